The van der Waals surface area contributed by atoms with E-state index in [1.807, 2.05) is 18.7 Å². The zero-order valence-corrected chi connectivity index (χ0v) is 22.9. The molecule has 0 aliphatic carbocycles. The van der Waals surface area contributed by atoms with Crippen LogP contribution in [0.4, 0.5) is 0 Å². The standard InChI is InChI=1S/C27H31ClN2O6S/c1-16(2)29-23(31)14-30-10-6-9-27(15-30)25(32)24(26(33)36-27)20-13-22(28)21(11-17(20)3)18-7-5-8-19(12-18)37(4,34)35/h5,7-8,11-13,16,32H,6,9-10,14-15H2,1-4H3,(H,29,31). The minimum atomic E-state index is -3.40. The summed E-state index contributed by atoms with van der Waals surface area (Å²) in [5.74, 6) is -0.923. The summed E-state index contributed by atoms with van der Waals surface area (Å²) in [6.45, 7) is 6.57. The molecule has 0 saturated carbocycles. The molecular weight excluding hydrogens is 516 g/mol. The number of aliphatic hydroxyl groups excluding tert-OH is 1. The number of esters is 1. The second-order valence-electron chi connectivity index (χ2n) is 10.1. The van der Waals surface area contributed by atoms with E-state index in [4.69, 9.17) is 16.3 Å². The van der Waals surface area contributed by atoms with Crippen LogP contribution in [0.5, 0.6) is 0 Å². The van der Waals surface area contributed by atoms with E-state index < -0.39 is 21.4 Å². The van der Waals surface area contributed by atoms with Gasteiger partial charge in [0.2, 0.25) is 5.91 Å². The Morgan fingerprint density at radius 1 is 1.24 bits per heavy atom. The van der Waals surface area contributed by atoms with Gasteiger partial charge >= 0.3 is 5.97 Å². The molecule has 4 rings (SSSR count). The van der Waals surface area contributed by atoms with Crippen molar-refractivity contribution in [2.24, 2.45) is 0 Å². The first kappa shape index (κ1) is 27.2. The van der Waals surface area contributed by atoms with E-state index in [1.54, 1.807) is 37.3 Å². The molecule has 2 aliphatic heterocycles. The van der Waals surface area contributed by atoms with Crippen molar-refractivity contribution in [3.8, 4) is 11.1 Å². The largest absolute Gasteiger partial charge is 0.507 e. The van der Waals surface area contributed by atoms with Gasteiger partial charge in [0.15, 0.2) is 21.2 Å². The average Bonchev–Trinajstić information content (AvgIpc) is 3.02. The second-order valence-corrected chi connectivity index (χ2v) is 12.5. The molecule has 2 aromatic rings. The molecule has 2 N–H and O–H groups in total. The molecule has 1 saturated heterocycles. The molecule has 1 spiro atoms. The Morgan fingerprint density at radius 3 is 2.65 bits per heavy atom. The van der Waals surface area contributed by atoms with E-state index >= 15 is 0 Å². The first-order chi connectivity index (χ1) is 17.3. The molecule has 0 aromatic heterocycles. The van der Waals surface area contributed by atoms with Crippen molar-refractivity contribution in [3.63, 3.8) is 0 Å². The summed E-state index contributed by atoms with van der Waals surface area (Å²) in [6.07, 6.45) is 2.23. The number of sulfone groups is 1. The zero-order chi connectivity index (χ0) is 27.1. The Labute approximate surface area is 222 Å². The lowest BCUT2D eigenvalue weighted by Crippen LogP contribution is -2.52. The molecule has 1 unspecified atom stereocenters. The fourth-order valence-corrected chi connectivity index (χ4v) is 5.93. The fourth-order valence-electron chi connectivity index (χ4n) is 4.99. The number of halogens is 1. The smallest absolute Gasteiger partial charge is 0.343 e. The number of ether oxygens (including phenoxy) is 1. The van der Waals surface area contributed by atoms with Gasteiger partial charge in [0.25, 0.3) is 0 Å². The van der Waals surface area contributed by atoms with Crippen LogP contribution in [-0.4, -0.2) is 67.8 Å². The highest BCUT2D eigenvalue weighted by Gasteiger charge is 2.51. The number of carbonyl (C=O) groups is 2. The number of hydrogen-bond donors (Lipinski definition) is 2. The molecule has 2 heterocycles. The molecule has 1 amide bonds. The van der Waals surface area contributed by atoms with Crippen molar-refractivity contribution < 1.29 is 27.9 Å². The maximum atomic E-state index is 13.1. The lowest BCUT2D eigenvalue weighted by atomic mass is 9.87. The van der Waals surface area contributed by atoms with Crippen molar-refractivity contribution in [1.82, 2.24) is 10.2 Å². The molecule has 1 atom stereocenters. The number of aryl methyl sites for hydroxylation is 1. The van der Waals surface area contributed by atoms with E-state index in [2.05, 4.69) is 5.32 Å². The Kier molecular flexibility index (Phi) is 7.43. The van der Waals surface area contributed by atoms with E-state index in [1.165, 1.54) is 6.07 Å². The molecule has 8 nitrogen and oxygen atoms in total. The molecule has 0 radical (unpaired) electrons. The zero-order valence-electron chi connectivity index (χ0n) is 21.3. The Hall–Kier alpha value is -2.88. The highest BCUT2D eigenvalue weighted by atomic mass is 35.5. The van der Waals surface area contributed by atoms with E-state index in [0.717, 1.165) is 6.26 Å². The molecule has 2 aliphatic rings. The highest BCUT2D eigenvalue weighted by molar-refractivity contribution is 7.90. The van der Waals surface area contributed by atoms with E-state index in [-0.39, 0.29) is 41.3 Å². The Bertz CT molecular complexity index is 1400. The monoisotopic (exact) mass is 546 g/mol. The van der Waals surface area contributed by atoms with Gasteiger partial charge < -0.3 is 15.2 Å². The van der Waals surface area contributed by atoms with Crippen molar-refractivity contribution in [3.05, 3.63) is 58.3 Å². The SMILES string of the molecule is Cc1cc(-c2cccc(S(C)(=O)=O)c2)c(Cl)cc1C1=C(O)C2(CCCN(CC(=O)NC(C)C)C2)OC1=O. The second kappa shape index (κ2) is 10.1. The number of nitrogens with zero attached hydrogens (tertiary/aromatic N) is 1. The molecule has 37 heavy (non-hydrogen) atoms. The summed E-state index contributed by atoms with van der Waals surface area (Å²) in [4.78, 5) is 27.4. The minimum Gasteiger partial charge on any atom is -0.507 e. The van der Waals surface area contributed by atoms with Gasteiger partial charge in [-0.25, -0.2) is 13.2 Å². The van der Waals surface area contributed by atoms with Crippen molar-refractivity contribution in [2.45, 2.75) is 50.2 Å². The van der Waals surface area contributed by atoms with Crippen LogP contribution < -0.4 is 5.32 Å². The lowest BCUT2D eigenvalue weighted by Gasteiger charge is -2.38. The van der Waals surface area contributed by atoms with Gasteiger partial charge in [-0.2, -0.15) is 0 Å². The molecule has 198 valence electrons. The molecule has 2 aromatic carbocycles. The maximum absolute atomic E-state index is 13.1. The molecule has 10 heteroatoms. The summed E-state index contributed by atoms with van der Waals surface area (Å²) in [5.41, 5.74) is 1.18. The topological polar surface area (TPSA) is 113 Å². The third kappa shape index (κ3) is 5.54. The van der Waals surface area contributed by atoms with Gasteiger partial charge in [0, 0.05) is 29.4 Å². The van der Waals surface area contributed by atoms with Crippen molar-refractivity contribution in [2.75, 3.05) is 25.9 Å². The van der Waals surface area contributed by atoms with Crippen LogP contribution >= 0.6 is 11.6 Å². The predicted molar refractivity (Wildman–Crippen MR) is 142 cm³/mol. The van der Waals surface area contributed by atoms with E-state index in [9.17, 15) is 23.1 Å². The number of amides is 1. The van der Waals surface area contributed by atoms with Crippen LogP contribution in [0, 0.1) is 6.92 Å². The van der Waals surface area contributed by atoms with Crippen LogP contribution in [0.3, 0.4) is 0 Å². The summed E-state index contributed by atoms with van der Waals surface area (Å²) in [5, 5.41) is 14.5. The highest BCUT2D eigenvalue weighted by Crippen LogP contribution is 2.44. The third-order valence-corrected chi connectivity index (χ3v) is 8.09. The summed E-state index contributed by atoms with van der Waals surface area (Å²) in [6, 6.07) is 9.86. The molecular formula is C27H31ClN2O6S. The fraction of sp³-hybridized carbons (Fsp3) is 0.407. The maximum Gasteiger partial charge on any atom is 0.343 e. The molecule has 0 bridgehead atoms. The molecule has 1 fully saturated rings. The number of rotatable bonds is 6. The van der Waals surface area contributed by atoms with Crippen molar-refractivity contribution in [1.29, 1.82) is 0 Å². The first-order valence-electron chi connectivity index (χ1n) is 12.1. The normalized spacial score (nSPS) is 20.5. The first-order valence-corrected chi connectivity index (χ1v) is 14.4. The van der Waals surface area contributed by atoms with Gasteiger partial charge in [0.1, 0.15) is 5.57 Å². The van der Waals surface area contributed by atoms with Crippen LogP contribution in [0.2, 0.25) is 5.02 Å². The van der Waals surface area contributed by atoms with Crippen molar-refractivity contribution >= 4 is 38.9 Å². The number of likely N-dealkylation sites (tertiary alicyclic amines) is 1. The van der Waals surface area contributed by atoms with Gasteiger partial charge in [0.05, 0.1) is 11.4 Å². The van der Waals surface area contributed by atoms with Crippen LogP contribution in [0.15, 0.2) is 47.1 Å². The van der Waals surface area contributed by atoms with Gasteiger partial charge in [-0.1, -0.05) is 23.7 Å². The quantitative estimate of drug-likeness (QED) is 0.528. The van der Waals surface area contributed by atoms with Gasteiger partial charge in [-0.3, -0.25) is 9.69 Å². The number of aliphatic hydroxyl groups is 1. The van der Waals surface area contributed by atoms with E-state index in [0.29, 0.717) is 46.7 Å². The van der Waals surface area contributed by atoms with Crippen LogP contribution in [0.25, 0.3) is 16.7 Å². The summed E-state index contributed by atoms with van der Waals surface area (Å²) >= 11 is 6.62. The van der Waals surface area contributed by atoms with Gasteiger partial charge in [-0.15, -0.1) is 0 Å². The number of carbonyl (C=O) groups excluding carboxylic acids is 2. The number of nitrogens with one attached hydrogen (secondary N) is 1. The average molecular weight is 547 g/mol. The number of hydrogen-bond acceptors (Lipinski definition) is 7. The van der Waals surface area contributed by atoms with Crippen LogP contribution in [0.1, 0.15) is 37.8 Å². The third-order valence-electron chi connectivity index (χ3n) is 6.67. The Morgan fingerprint density at radius 2 is 1.97 bits per heavy atom. The summed E-state index contributed by atoms with van der Waals surface area (Å²) < 4.78 is 29.8. The number of benzene rings is 2. The Balaban J connectivity index is 1.67. The number of piperidine rings is 1. The van der Waals surface area contributed by atoms with Crippen LogP contribution in [-0.2, 0) is 24.2 Å². The summed E-state index contributed by atoms with van der Waals surface area (Å²) in [7, 11) is -3.40. The van der Waals surface area contributed by atoms with Gasteiger partial charge in [-0.05, 0) is 81.1 Å². The predicted octanol–water partition coefficient (Wildman–Crippen LogP) is 3.90. The minimum absolute atomic E-state index is 0.0139. The lowest BCUT2D eigenvalue weighted by molar-refractivity contribution is -0.152.